The highest BCUT2D eigenvalue weighted by molar-refractivity contribution is 9.10. The largest absolute Gasteiger partial charge is 0.446 e. The van der Waals surface area contributed by atoms with Gasteiger partial charge in [-0.2, -0.15) is 0 Å². The second kappa shape index (κ2) is 10.6. The Kier molecular flexibility index (Phi) is 7.27. The van der Waals surface area contributed by atoms with E-state index in [0.717, 1.165) is 73.7 Å². The molecule has 6 nitrogen and oxygen atoms in total. The van der Waals surface area contributed by atoms with Crippen molar-refractivity contribution >= 4 is 50.2 Å². The Morgan fingerprint density at radius 3 is 2.71 bits per heavy atom. The van der Waals surface area contributed by atoms with Gasteiger partial charge in [-0.05, 0) is 109 Å². The smallest absolute Gasteiger partial charge is 0.221 e. The van der Waals surface area contributed by atoms with Gasteiger partial charge in [-0.25, -0.2) is 4.98 Å². The van der Waals surface area contributed by atoms with Crippen molar-refractivity contribution in [1.29, 1.82) is 0 Å². The predicted octanol–water partition coefficient (Wildman–Crippen LogP) is 6.94. The Morgan fingerprint density at radius 1 is 1.14 bits per heavy atom. The molecule has 0 spiro atoms. The second-order valence-electron chi connectivity index (χ2n) is 9.10. The van der Waals surface area contributed by atoms with Crippen molar-refractivity contribution in [1.82, 2.24) is 14.5 Å². The predicted molar refractivity (Wildman–Crippen MR) is 144 cm³/mol. The topological polar surface area (TPSA) is 63.3 Å². The number of fused-ring (bicyclic) bond motifs is 1. The lowest BCUT2D eigenvalue weighted by Crippen LogP contribution is -2.34. The lowest BCUT2D eigenvalue weighted by molar-refractivity contribution is -0.114. The van der Waals surface area contributed by atoms with Crippen LogP contribution in [0.3, 0.4) is 0 Å². The summed E-state index contributed by atoms with van der Waals surface area (Å²) in [6.07, 6.45) is 3.27. The average molecular weight is 556 g/mol. The second-order valence-corrected chi connectivity index (χ2v) is 10.3. The van der Waals surface area contributed by atoms with Crippen LogP contribution in [-0.4, -0.2) is 40.0 Å². The average Bonchev–Trinajstić information content (AvgIpc) is 3.42. The van der Waals surface area contributed by atoms with Crippen LogP contribution in [0.15, 0.2) is 63.7 Å². The number of aromatic nitrogens is 2. The zero-order valence-electron chi connectivity index (χ0n) is 19.6. The first-order valence-corrected chi connectivity index (χ1v) is 13.1. The highest BCUT2D eigenvalue weighted by Gasteiger charge is 2.21. The Hall–Kier alpha value is -2.61. The molecule has 1 amide bonds. The number of carbonyl (C=O) groups is 1. The fraction of sp³-hybridized carbons (Fsp3) is 0.333. The first-order valence-electron chi connectivity index (χ1n) is 12.0. The molecule has 8 heteroatoms. The van der Waals surface area contributed by atoms with Crippen LogP contribution in [0.25, 0.3) is 22.6 Å². The molecule has 0 aliphatic carbocycles. The third kappa shape index (κ3) is 5.63. The Labute approximate surface area is 218 Å². The summed E-state index contributed by atoms with van der Waals surface area (Å²) in [6.45, 7) is 5.59. The van der Waals surface area contributed by atoms with Gasteiger partial charge in [-0.1, -0.05) is 23.7 Å². The van der Waals surface area contributed by atoms with Crippen molar-refractivity contribution in [3.05, 3.63) is 69.9 Å². The summed E-state index contributed by atoms with van der Waals surface area (Å²) in [7, 11) is 0. The fourth-order valence-corrected chi connectivity index (χ4v) is 5.44. The number of anilines is 1. The minimum Gasteiger partial charge on any atom is -0.446 e. The highest BCUT2D eigenvalue weighted by atomic mass is 79.9. The van der Waals surface area contributed by atoms with Gasteiger partial charge in [0.15, 0.2) is 16.3 Å². The molecular formula is C27H28BrClN4O2. The lowest BCUT2D eigenvalue weighted by Gasteiger charge is -2.32. The molecule has 0 unspecified atom stereocenters. The summed E-state index contributed by atoms with van der Waals surface area (Å²) in [5.41, 5.74) is 4.14. The van der Waals surface area contributed by atoms with E-state index in [9.17, 15) is 4.79 Å². The Bertz CT molecular complexity index is 1340. The molecule has 1 aliphatic heterocycles. The molecule has 2 aromatic heterocycles. The number of hydrogen-bond acceptors (Lipinski definition) is 4. The molecule has 1 N–H and O–H groups in total. The minimum absolute atomic E-state index is 0.0337. The van der Waals surface area contributed by atoms with Gasteiger partial charge in [-0.3, -0.25) is 4.79 Å². The van der Waals surface area contributed by atoms with Crippen LogP contribution in [0, 0.1) is 0 Å². The van der Waals surface area contributed by atoms with Crippen molar-refractivity contribution in [2.45, 2.75) is 38.6 Å². The molecule has 1 aliphatic rings. The number of benzene rings is 2. The number of rotatable bonds is 7. The van der Waals surface area contributed by atoms with Crippen LogP contribution in [-0.2, 0) is 11.3 Å². The lowest BCUT2D eigenvalue weighted by atomic mass is 9.89. The number of furan rings is 1. The van der Waals surface area contributed by atoms with Crippen molar-refractivity contribution < 1.29 is 9.21 Å². The van der Waals surface area contributed by atoms with E-state index in [1.807, 2.05) is 42.5 Å². The quantitative estimate of drug-likeness (QED) is 0.268. The Balaban J connectivity index is 1.21. The number of amides is 1. The van der Waals surface area contributed by atoms with Gasteiger partial charge in [-0.15, -0.1) is 0 Å². The molecule has 0 saturated carbocycles. The van der Waals surface area contributed by atoms with Crippen LogP contribution in [0.4, 0.5) is 5.69 Å². The van der Waals surface area contributed by atoms with Gasteiger partial charge in [0.1, 0.15) is 0 Å². The van der Waals surface area contributed by atoms with E-state index in [-0.39, 0.29) is 5.91 Å². The number of carbonyl (C=O) groups excluding carboxylic acids is 1. The van der Waals surface area contributed by atoms with E-state index in [1.54, 1.807) is 6.92 Å². The van der Waals surface area contributed by atoms with Crippen LogP contribution < -0.4 is 5.32 Å². The van der Waals surface area contributed by atoms with Crippen LogP contribution in [0.1, 0.15) is 37.7 Å². The molecule has 1 fully saturated rings. The van der Waals surface area contributed by atoms with Gasteiger partial charge in [0.25, 0.3) is 0 Å². The Morgan fingerprint density at radius 2 is 1.97 bits per heavy atom. The van der Waals surface area contributed by atoms with E-state index in [4.69, 9.17) is 21.0 Å². The first kappa shape index (κ1) is 24.1. The number of piperidine rings is 1. The van der Waals surface area contributed by atoms with Crippen molar-refractivity contribution in [2.24, 2.45) is 0 Å². The molecule has 0 atom stereocenters. The summed E-state index contributed by atoms with van der Waals surface area (Å²) in [5, 5.41) is 3.57. The first-order chi connectivity index (χ1) is 17.0. The maximum atomic E-state index is 11.4. The van der Waals surface area contributed by atoms with E-state index in [0.29, 0.717) is 15.6 Å². The van der Waals surface area contributed by atoms with Crippen molar-refractivity contribution in [2.75, 3.05) is 25.0 Å². The summed E-state index contributed by atoms with van der Waals surface area (Å²) >= 11 is 9.62. The molecule has 4 aromatic rings. The molecule has 0 bridgehead atoms. The monoisotopic (exact) mass is 554 g/mol. The highest BCUT2D eigenvalue weighted by Crippen LogP contribution is 2.31. The van der Waals surface area contributed by atoms with Crippen LogP contribution in [0.5, 0.6) is 0 Å². The van der Waals surface area contributed by atoms with Gasteiger partial charge >= 0.3 is 0 Å². The molecule has 35 heavy (non-hydrogen) atoms. The number of nitrogens with zero attached hydrogens (tertiary/aromatic N) is 3. The SMILES string of the molecule is CC(=O)Nc1cccc(C2CCN(CCCn3c(-c4ccc(Br)o4)nc4cc(Cl)ccc43)CC2)c1. The summed E-state index contributed by atoms with van der Waals surface area (Å²) < 4.78 is 8.74. The normalized spacial score (nSPS) is 15.1. The molecule has 5 rings (SSSR count). The van der Waals surface area contributed by atoms with Crippen LogP contribution >= 0.6 is 27.5 Å². The molecule has 1 saturated heterocycles. The number of hydrogen-bond donors (Lipinski definition) is 1. The third-order valence-electron chi connectivity index (χ3n) is 6.63. The maximum absolute atomic E-state index is 11.4. The maximum Gasteiger partial charge on any atom is 0.221 e. The summed E-state index contributed by atoms with van der Waals surface area (Å²) in [6, 6.07) is 18.0. The third-order valence-corrected chi connectivity index (χ3v) is 7.29. The van der Waals surface area contributed by atoms with E-state index < -0.39 is 0 Å². The number of nitrogens with one attached hydrogen (secondary N) is 1. The summed E-state index contributed by atoms with van der Waals surface area (Å²) in [5.74, 6) is 2.07. The molecule has 3 heterocycles. The molecular weight excluding hydrogens is 528 g/mol. The standard InChI is InChI=1S/C27H28BrClN4O2/c1-18(34)30-22-5-2-4-20(16-22)19-10-14-32(15-11-19)12-3-13-33-24-7-6-21(29)17-23(24)31-27(33)25-8-9-26(28)35-25/h2,4-9,16-17,19H,3,10-15H2,1H3,(H,30,34). The molecule has 0 radical (unpaired) electrons. The zero-order valence-corrected chi connectivity index (χ0v) is 22.0. The number of imidazole rings is 1. The molecule has 2 aromatic carbocycles. The molecule has 182 valence electrons. The van der Waals surface area contributed by atoms with Crippen molar-refractivity contribution in [3.63, 3.8) is 0 Å². The van der Waals surface area contributed by atoms with E-state index >= 15 is 0 Å². The minimum atomic E-state index is -0.0337. The van der Waals surface area contributed by atoms with E-state index in [2.05, 4.69) is 42.8 Å². The van der Waals surface area contributed by atoms with Crippen molar-refractivity contribution in [3.8, 4) is 11.6 Å². The zero-order chi connectivity index (χ0) is 24.4. The van der Waals surface area contributed by atoms with Gasteiger partial charge in [0.2, 0.25) is 5.91 Å². The van der Waals surface area contributed by atoms with Gasteiger partial charge in [0.05, 0.1) is 11.0 Å². The number of aryl methyl sites for hydroxylation is 1. The summed E-state index contributed by atoms with van der Waals surface area (Å²) in [4.78, 5) is 18.7. The van der Waals surface area contributed by atoms with E-state index in [1.165, 1.54) is 5.56 Å². The fourth-order valence-electron chi connectivity index (χ4n) is 4.97. The van der Waals surface area contributed by atoms with Crippen LogP contribution in [0.2, 0.25) is 5.02 Å². The van der Waals surface area contributed by atoms with Gasteiger partial charge < -0.3 is 19.2 Å². The number of likely N-dealkylation sites (tertiary alicyclic amines) is 1. The number of halogens is 2. The van der Waals surface area contributed by atoms with Gasteiger partial charge in [0, 0.05) is 24.2 Å².